The van der Waals surface area contributed by atoms with Crippen LogP contribution in [0.4, 0.5) is 8.78 Å². The lowest BCUT2D eigenvalue weighted by molar-refractivity contribution is 0.0534. The fourth-order valence-electron chi connectivity index (χ4n) is 1.94. The van der Waals surface area contributed by atoms with E-state index in [-0.39, 0.29) is 17.0 Å². The van der Waals surface area contributed by atoms with Crippen LogP contribution in [0, 0.1) is 0 Å². The van der Waals surface area contributed by atoms with E-state index < -0.39 is 18.9 Å². The van der Waals surface area contributed by atoms with Gasteiger partial charge in [0, 0.05) is 12.0 Å². The highest BCUT2D eigenvalue weighted by Crippen LogP contribution is 2.26. The van der Waals surface area contributed by atoms with Crippen LogP contribution in [-0.4, -0.2) is 34.0 Å². The van der Waals surface area contributed by atoms with E-state index in [1.165, 1.54) is 0 Å². The normalized spacial score (nSPS) is 11.7. The molecule has 4 nitrogen and oxygen atoms in total. The van der Waals surface area contributed by atoms with Gasteiger partial charge in [0.2, 0.25) is 5.01 Å². The van der Waals surface area contributed by atoms with Crippen LogP contribution in [0.15, 0.2) is 30.3 Å². The second-order valence-electron chi connectivity index (χ2n) is 6.22. The van der Waals surface area contributed by atoms with E-state index in [4.69, 9.17) is 0 Å². The average Bonchev–Trinajstić information content (AvgIpc) is 2.96. The second-order valence-corrected chi connectivity index (χ2v) is 7.20. The molecule has 0 atom stereocenters. The highest BCUT2D eigenvalue weighted by atomic mass is 32.1. The molecule has 2 rings (SSSR count). The Morgan fingerprint density at radius 2 is 1.87 bits per heavy atom. The number of amides is 1. The van der Waals surface area contributed by atoms with Crippen molar-refractivity contribution in [3.63, 3.8) is 0 Å². The van der Waals surface area contributed by atoms with Crippen molar-refractivity contribution < 1.29 is 13.6 Å². The highest BCUT2D eigenvalue weighted by molar-refractivity contribution is 7.13. The average molecular weight is 339 g/mol. The van der Waals surface area contributed by atoms with Crippen LogP contribution in [0.3, 0.4) is 0 Å². The maximum atomic E-state index is 12.8. The molecule has 0 N–H and O–H groups in total. The van der Waals surface area contributed by atoms with Gasteiger partial charge in [0.25, 0.3) is 12.3 Å². The summed E-state index contributed by atoms with van der Waals surface area (Å²) in [5.41, 5.74) is 0.561. The third-order valence-electron chi connectivity index (χ3n) is 3.11. The fraction of sp³-hybridized carbons (Fsp3) is 0.438. The van der Waals surface area contributed by atoms with E-state index in [0.717, 1.165) is 21.8 Å². The minimum atomic E-state index is -2.60. The third-order valence-corrected chi connectivity index (χ3v) is 4.45. The summed E-state index contributed by atoms with van der Waals surface area (Å²) < 4.78 is 25.7. The van der Waals surface area contributed by atoms with E-state index >= 15 is 0 Å². The topological polar surface area (TPSA) is 46.1 Å². The van der Waals surface area contributed by atoms with Gasteiger partial charge in [-0.15, -0.1) is 10.2 Å². The smallest absolute Gasteiger partial charge is 0.285 e. The molecule has 1 heterocycles. The number of hydrogen-bond donors (Lipinski definition) is 0. The van der Waals surface area contributed by atoms with Gasteiger partial charge in [-0.25, -0.2) is 8.78 Å². The zero-order chi connectivity index (χ0) is 17.0. The largest absolute Gasteiger partial charge is 0.326 e. The molecule has 0 spiro atoms. The SMILES string of the molecule is CC(C)(C)c1nnc(C(=O)N(Cc2ccccc2)CC(F)F)s1. The van der Waals surface area contributed by atoms with Gasteiger partial charge in [0.05, 0.1) is 6.54 Å². The Morgan fingerprint density at radius 3 is 2.39 bits per heavy atom. The van der Waals surface area contributed by atoms with E-state index in [1.807, 2.05) is 39.0 Å². The Bertz CT molecular complexity index is 653. The summed E-state index contributed by atoms with van der Waals surface area (Å²) in [7, 11) is 0. The number of benzene rings is 1. The van der Waals surface area contributed by atoms with Crippen molar-refractivity contribution in [2.75, 3.05) is 6.54 Å². The van der Waals surface area contributed by atoms with Gasteiger partial charge < -0.3 is 4.90 Å². The van der Waals surface area contributed by atoms with Gasteiger partial charge >= 0.3 is 0 Å². The molecule has 2 aromatic rings. The quantitative estimate of drug-likeness (QED) is 0.833. The molecule has 0 bridgehead atoms. The first kappa shape index (κ1) is 17.5. The van der Waals surface area contributed by atoms with E-state index in [9.17, 15) is 13.6 Å². The molecule has 0 unspecified atom stereocenters. The molecule has 0 saturated heterocycles. The van der Waals surface area contributed by atoms with Crippen molar-refractivity contribution in [3.05, 3.63) is 45.9 Å². The highest BCUT2D eigenvalue weighted by Gasteiger charge is 2.26. The maximum Gasteiger partial charge on any atom is 0.285 e. The summed E-state index contributed by atoms with van der Waals surface area (Å²) in [4.78, 5) is 13.6. The Morgan fingerprint density at radius 1 is 1.22 bits per heavy atom. The first-order valence-electron chi connectivity index (χ1n) is 7.22. The number of aromatic nitrogens is 2. The van der Waals surface area contributed by atoms with E-state index in [2.05, 4.69) is 10.2 Å². The van der Waals surface area contributed by atoms with Crippen LogP contribution in [0.5, 0.6) is 0 Å². The predicted octanol–water partition coefficient (Wildman–Crippen LogP) is 3.74. The van der Waals surface area contributed by atoms with Gasteiger partial charge in [-0.1, -0.05) is 62.4 Å². The maximum absolute atomic E-state index is 12.8. The fourth-order valence-corrected chi connectivity index (χ4v) is 2.81. The lowest BCUT2D eigenvalue weighted by Crippen LogP contribution is -2.34. The Labute approximate surface area is 138 Å². The minimum Gasteiger partial charge on any atom is -0.326 e. The molecule has 124 valence electrons. The van der Waals surface area contributed by atoms with E-state index in [0.29, 0.717) is 5.01 Å². The van der Waals surface area contributed by atoms with Crippen LogP contribution in [-0.2, 0) is 12.0 Å². The summed E-state index contributed by atoms with van der Waals surface area (Å²) >= 11 is 1.16. The molecule has 0 saturated carbocycles. The summed E-state index contributed by atoms with van der Waals surface area (Å²) in [5, 5.41) is 8.75. The van der Waals surface area contributed by atoms with E-state index in [1.54, 1.807) is 12.1 Å². The van der Waals surface area contributed by atoms with Gasteiger partial charge in [-0.2, -0.15) is 0 Å². The molecule has 23 heavy (non-hydrogen) atoms. The van der Waals surface area contributed by atoms with Crippen molar-refractivity contribution in [3.8, 4) is 0 Å². The van der Waals surface area contributed by atoms with Crippen molar-refractivity contribution in [2.24, 2.45) is 0 Å². The predicted molar refractivity (Wildman–Crippen MR) is 85.8 cm³/mol. The Hall–Kier alpha value is -1.89. The van der Waals surface area contributed by atoms with Crippen LogP contribution < -0.4 is 0 Å². The van der Waals surface area contributed by atoms with Crippen molar-refractivity contribution in [1.29, 1.82) is 0 Å². The second kappa shape index (κ2) is 7.12. The van der Waals surface area contributed by atoms with Crippen LogP contribution in [0.25, 0.3) is 0 Å². The van der Waals surface area contributed by atoms with Gasteiger partial charge in [0.1, 0.15) is 5.01 Å². The van der Waals surface area contributed by atoms with Crippen LogP contribution >= 0.6 is 11.3 Å². The Kier molecular flexibility index (Phi) is 5.41. The minimum absolute atomic E-state index is 0.119. The van der Waals surface area contributed by atoms with Crippen molar-refractivity contribution in [2.45, 2.75) is 39.2 Å². The molecule has 0 aliphatic rings. The molecular weight excluding hydrogens is 320 g/mol. The first-order chi connectivity index (χ1) is 10.8. The van der Waals surface area contributed by atoms with Crippen LogP contribution in [0.2, 0.25) is 0 Å². The summed E-state index contributed by atoms with van der Waals surface area (Å²) in [6.07, 6.45) is -2.60. The molecule has 0 radical (unpaired) electrons. The molecule has 1 aromatic heterocycles. The number of alkyl halides is 2. The van der Waals surface area contributed by atoms with Gasteiger partial charge in [-0.05, 0) is 5.56 Å². The summed E-state index contributed by atoms with van der Waals surface area (Å²) in [5.74, 6) is -0.512. The number of nitrogens with zero attached hydrogens (tertiary/aromatic N) is 3. The molecular formula is C16H19F2N3OS. The zero-order valence-corrected chi connectivity index (χ0v) is 14.1. The zero-order valence-electron chi connectivity index (χ0n) is 13.3. The summed E-state index contributed by atoms with van der Waals surface area (Å²) in [6, 6.07) is 9.05. The lowest BCUT2D eigenvalue weighted by Gasteiger charge is -2.21. The molecule has 0 fully saturated rings. The first-order valence-corrected chi connectivity index (χ1v) is 8.04. The van der Waals surface area contributed by atoms with Gasteiger partial charge in [0.15, 0.2) is 0 Å². The standard InChI is InChI=1S/C16H19F2N3OS/c1-16(2,3)15-20-19-13(23-15)14(22)21(10-12(17)18)9-11-7-5-4-6-8-11/h4-8,12H,9-10H2,1-3H3. The van der Waals surface area contributed by atoms with Gasteiger partial charge in [-0.3, -0.25) is 4.79 Å². The Balaban J connectivity index is 2.21. The number of rotatable bonds is 5. The monoisotopic (exact) mass is 339 g/mol. The molecule has 0 aliphatic carbocycles. The molecule has 1 aromatic carbocycles. The lowest BCUT2D eigenvalue weighted by atomic mass is 9.98. The van der Waals surface area contributed by atoms with Crippen LogP contribution in [0.1, 0.15) is 41.1 Å². The molecule has 1 amide bonds. The molecule has 7 heteroatoms. The number of halogens is 2. The number of hydrogen-bond acceptors (Lipinski definition) is 4. The number of carbonyl (C=O) groups excluding carboxylic acids is 1. The van der Waals surface area contributed by atoms with Crippen molar-refractivity contribution in [1.82, 2.24) is 15.1 Å². The summed E-state index contributed by atoms with van der Waals surface area (Å²) in [6.45, 7) is 5.38. The van der Waals surface area contributed by atoms with Crippen molar-refractivity contribution >= 4 is 17.2 Å². The molecule has 0 aliphatic heterocycles. The number of carbonyl (C=O) groups is 1. The third kappa shape index (κ3) is 4.79.